The molecule has 0 unspecified atom stereocenters. The van der Waals surface area contributed by atoms with Gasteiger partial charge in [0, 0.05) is 16.5 Å². The van der Waals surface area contributed by atoms with Crippen LogP contribution in [-0.4, -0.2) is 13.4 Å². The topological polar surface area (TPSA) is 68.3 Å². The van der Waals surface area contributed by atoms with Crippen molar-refractivity contribution < 1.29 is 13.2 Å². The molecule has 0 saturated carbocycles. The summed E-state index contributed by atoms with van der Waals surface area (Å²) >= 11 is 1.23. The van der Waals surface area contributed by atoms with Crippen molar-refractivity contribution in [1.82, 2.24) is 4.98 Å². The predicted molar refractivity (Wildman–Crippen MR) is 122 cm³/mol. The Balaban J connectivity index is 1.68. The highest BCUT2D eigenvalue weighted by Crippen LogP contribution is 2.37. The predicted octanol–water partition coefficient (Wildman–Crippen LogP) is 6.19. The van der Waals surface area contributed by atoms with Gasteiger partial charge >= 0.3 is 0 Å². The van der Waals surface area contributed by atoms with E-state index in [9.17, 15) is 8.42 Å². The van der Waals surface area contributed by atoms with Gasteiger partial charge in [-0.05, 0) is 41.1 Å². The molecule has 2 aromatic carbocycles. The zero-order chi connectivity index (χ0) is 21.4. The first-order valence-corrected chi connectivity index (χ1v) is 11.8. The highest BCUT2D eigenvalue weighted by molar-refractivity contribution is 7.94. The second kappa shape index (κ2) is 7.74. The Kier molecular flexibility index (Phi) is 5.26. The molecule has 0 aliphatic rings. The molecule has 0 aliphatic heterocycles. The van der Waals surface area contributed by atoms with Gasteiger partial charge in [-0.3, -0.25) is 4.72 Å². The summed E-state index contributed by atoms with van der Waals surface area (Å²) in [6.45, 7) is 6.29. The molecule has 0 bridgehead atoms. The maximum atomic E-state index is 13.0. The molecule has 0 radical (unpaired) electrons. The molecule has 0 amide bonds. The lowest BCUT2D eigenvalue weighted by Crippen LogP contribution is -2.14. The van der Waals surface area contributed by atoms with Gasteiger partial charge in [-0.15, -0.1) is 11.3 Å². The summed E-state index contributed by atoms with van der Waals surface area (Å²) in [4.78, 5) is 4.27. The van der Waals surface area contributed by atoms with Crippen molar-refractivity contribution in [2.45, 2.75) is 30.4 Å². The van der Waals surface area contributed by atoms with E-state index in [-0.39, 0.29) is 15.5 Å². The third kappa shape index (κ3) is 4.17. The molecule has 30 heavy (non-hydrogen) atoms. The SMILES string of the molecule is CC(C)(C)c1ccccc1Oc1ncccc1NS(=O)(=O)c1cc2ccccc2s1. The molecule has 0 atom stereocenters. The molecule has 0 fully saturated rings. The van der Waals surface area contributed by atoms with Gasteiger partial charge in [0.15, 0.2) is 0 Å². The number of sulfonamides is 1. The molecular weight excluding hydrogens is 416 g/mol. The Morgan fingerprint density at radius 3 is 2.47 bits per heavy atom. The molecule has 0 aliphatic carbocycles. The summed E-state index contributed by atoms with van der Waals surface area (Å²) in [5.41, 5.74) is 1.16. The third-order valence-corrected chi connectivity index (χ3v) is 7.54. The first-order chi connectivity index (χ1) is 14.2. The summed E-state index contributed by atoms with van der Waals surface area (Å²) in [6.07, 6.45) is 1.58. The Morgan fingerprint density at radius 1 is 0.967 bits per heavy atom. The number of hydrogen-bond donors (Lipinski definition) is 1. The van der Waals surface area contributed by atoms with Gasteiger partial charge in [-0.25, -0.2) is 13.4 Å². The minimum Gasteiger partial charge on any atom is -0.437 e. The van der Waals surface area contributed by atoms with Crippen molar-refractivity contribution in [1.29, 1.82) is 0 Å². The zero-order valence-corrected chi connectivity index (χ0v) is 18.5. The van der Waals surface area contributed by atoms with Crippen molar-refractivity contribution in [2.24, 2.45) is 0 Å². The number of anilines is 1. The second-order valence-electron chi connectivity index (χ2n) is 7.91. The van der Waals surface area contributed by atoms with Crippen LogP contribution in [0.5, 0.6) is 11.6 Å². The number of ether oxygens (including phenoxy) is 1. The number of pyridine rings is 1. The summed E-state index contributed by atoms with van der Waals surface area (Å²) in [6, 6.07) is 20.3. The quantitative estimate of drug-likeness (QED) is 0.403. The third-order valence-electron chi connectivity index (χ3n) is 4.58. The van der Waals surface area contributed by atoms with Crippen LogP contribution in [-0.2, 0) is 15.4 Å². The van der Waals surface area contributed by atoms with E-state index in [4.69, 9.17) is 4.74 Å². The minimum absolute atomic E-state index is 0.137. The number of para-hydroxylation sites is 1. The lowest BCUT2D eigenvalue weighted by Gasteiger charge is -2.22. The highest BCUT2D eigenvalue weighted by atomic mass is 32.2. The lowest BCUT2D eigenvalue weighted by molar-refractivity contribution is 0.442. The number of fused-ring (bicyclic) bond motifs is 1. The number of nitrogens with zero attached hydrogens (tertiary/aromatic N) is 1. The Bertz CT molecular complexity index is 1270. The van der Waals surface area contributed by atoms with Crippen LogP contribution in [0.2, 0.25) is 0 Å². The molecule has 154 valence electrons. The van der Waals surface area contributed by atoms with Crippen LogP contribution < -0.4 is 9.46 Å². The fourth-order valence-corrected chi connectivity index (χ4v) is 5.57. The highest BCUT2D eigenvalue weighted by Gasteiger charge is 2.22. The summed E-state index contributed by atoms with van der Waals surface area (Å²) in [5.74, 6) is 0.852. The van der Waals surface area contributed by atoms with E-state index in [1.54, 1.807) is 24.4 Å². The number of aromatic nitrogens is 1. The van der Waals surface area contributed by atoms with Crippen molar-refractivity contribution in [3.05, 3.63) is 78.5 Å². The van der Waals surface area contributed by atoms with Gasteiger partial charge in [0.1, 0.15) is 15.6 Å². The normalized spacial score (nSPS) is 12.1. The number of benzene rings is 2. The van der Waals surface area contributed by atoms with Gasteiger partial charge in [-0.2, -0.15) is 0 Å². The van der Waals surface area contributed by atoms with E-state index < -0.39 is 10.0 Å². The second-order valence-corrected chi connectivity index (χ2v) is 10.9. The van der Waals surface area contributed by atoms with Gasteiger partial charge in [0.05, 0.1) is 0 Å². The molecule has 5 nitrogen and oxygen atoms in total. The molecule has 4 aromatic rings. The first kappa shape index (κ1) is 20.4. The van der Waals surface area contributed by atoms with Gasteiger partial charge in [0.25, 0.3) is 10.0 Å². The minimum atomic E-state index is -3.78. The summed E-state index contributed by atoms with van der Waals surface area (Å²) in [7, 11) is -3.78. The number of hydrogen-bond acceptors (Lipinski definition) is 5. The largest absolute Gasteiger partial charge is 0.437 e. The van der Waals surface area contributed by atoms with E-state index in [0.29, 0.717) is 11.4 Å². The molecule has 2 aromatic heterocycles. The van der Waals surface area contributed by atoms with Crippen LogP contribution in [0.4, 0.5) is 5.69 Å². The van der Waals surface area contributed by atoms with E-state index in [1.165, 1.54) is 11.3 Å². The smallest absolute Gasteiger partial charge is 0.271 e. The summed E-state index contributed by atoms with van der Waals surface area (Å²) in [5, 5.41) is 0.893. The van der Waals surface area contributed by atoms with Crippen molar-refractivity contribution in [3.8, 4) is 11.6 Å². The van der Waals surface area contributed by atoms with Crippen LogP contribution in [0.3, 0.4) is 0 Å². The van der Waals surface area contributed by atoms with Crippen LogP contribution in [0.15, 0.2) is 77.1 Å². The molecule has 0 saturated heterocycles. The van der Waals surface area contributed by atoms with Crippen molar-refractivity contribution in [3.63, 3.8) is 0 Å². The molecule has 4 rings (SSSR count). The molecular formula is C23H22N2O3S2. The zero-order valence-electron chi connectivity index (χ0n) is 16.9. The lowest BCUT2D eigenvalue weighted by atomic mass is 9.86. The van der Waals surface area contributed by atoms with Gasteiger partial charge in [0.2, 0.25) is 5.88 Å². The number of thiophene rings is 1. The molecule has 2 heterocycles. The van der Waals surface area contributed by atoms with E-state index >= 15 is 0 Å². The van der Waals surface area contributed by atoms with E-state index in [2.05, 4.69) is 30.5 Å². The summed E-state index contributed by atoms with van der Waals surface area (Å²) < 4.78 is 35.9. The fourth-order valence-electron chi connectivity index (χ4n) is 3.11. The molecule has 7 heteroatoms. The van der Waals surface area contributed by atoms with Gasteiger partial charge < -0.3 is 4.74 Å². The monoisotopic (exact) mass is 438 g/mol. The van der Waals surface area contributed by atoms with Crippen LogP contribution in [0.25, 0.3) is 10.1 Å². The Morgan fingerprint density at radius 2 is 1.70 bits per heavy atom. The first-order valence-electron chi connectivity index (χ1n) is 9.48. The van der Waals surface area contributed by atoms with Crippen molar-refractivity contribution >= 4 is 37.1 Å². The van der Waals surface area contributed by atoms with Crippen LogP contribution in [0, 0.1) is 0 Å². The van der Waals surface area contributed by atoms with E-state index in [0.717, 1.165) is 15.6 Å². The maximum Gasteiger partial charge on any atom is 0.271 e. The number of rotatable bonds is 5. The average Bonchev–Trinajstić information content (AvgIpc) is 3.14. The standard InChI is InChI=1S/C23H22N2O3S2/c1-23(2,3)17-10-5-6-12-19(17)28-22-18(11-8-14-24-22)25-30(26,27)21-15-16-9-4-7-13-20(16)29-21/h4-15,25H,1-3H3. The van der Waals surface area contributed by atoms with E-state index in [1.807, 2.05) is 48.5 Å². The average molecular weight is 439 g/mol. The van der Waals surface area contributed by atoms with Crippen molar-refractivity contribution in [2.75, 3.05) is 4.72 Å². The molecule has 1 N–H and O–H groups in total. The fraction of sp³-hybridized carbons (Fsp3) is 0.174. The Labute approximate surface area is 180 Å². The van der Waals surface area contributed by atoms with Gasteiger partial charge in [-0.1, -0.05) is 57.2 Å². The van der Waals surface area contributed by atoms with Crippen LogP contribution >= 0.6 is 11.3 Å². The maximum absolute atomic E-state index is 13.0. The molecule has 0 spiro atoms. The number of nitrogens with one attached hydrogen (secondary N) is 1. The Hall–Kier alpha value is -2.90. The van der Waals surface area contributed by atoms with Crippen LogP contribution in [0.1, 0.15) is 26.3 Å².